The maximum atomic E-state index is 12.5. The molecule has 3 rings (SSSR count). The number of hydrogen-bond donors (Lipinski definition) is 2. The molecule has 118 valence electrons. The van der Waals surface area contributed by atoms with Crippen LogP contribution in [0.25, 0.3) is 0 Å². The molecule has 22 heavy (non-hydrogen) atoms. The van der Waals surface area contributed by atoms with Gasteiger partial charge in [0.1, 0.15) is 5.75 Å². The molecule has 5 nitrogen and oxygen atoms in total. The highest BCUT2D eigenvalue weighted by Crippen LogP contribution is 2.35. The molecule has 1 unspecified atom stereocenters. The largest absolute Gasteiger partial charge is 0.481 e. The summed E-state index contributed by atoms with van der Waals surface area (Å²) >= 11 is 5.95. The molecule has 1 atom stereocenters. The summed E-state index contributed by atoms with van der Waals surface area (Å²) in [6.07, 6.45) is 3.10. The highest BCUT2D eigenvalue weighted by molar-refractivity contribution is 6.30. The number of carboxylic acid groups (broad SMARTS) is 1. The van der Waals surface area contributed by atoms with Gasteiger partial charge in [0, 0.05) is 11.4 Å². The van der Waals surface area contributed by atoms with Gasteiger partial charge in [0.05, 0.1) is 12.0 Å². The molecule has 1 fully saturated rings. The Morgan fingerprint density at radius 2 is 2.09 bits per heavy atom. The lowest BCUT2D eigenvalue weighted by Crippen LogP contribution is -2.52. The molecule has 1 aromatic carbocycles. The molecule has 1 aliphatic heterocycles. The molecule has 1 aliphatic carbocycles. The van der Waals surface area contributed by atoms with Crippen molar-refractivity contribution >= 4 is 23.5 Å². The molecule has 0 radical (unpaired) electrons. The van der Waals surface area contributed by atoms with E-state index >= 15 is 0 Å². The Hall–Kier alpha value is -1.75. The van der Waals surface area contributed by atoms with Gasteiger partial charge in [-0.05, 0) is 36.6 Å². The van der Waals surface area contributed by atoms with Crippen LogP contribution in [0.1, 0.15) is 37.7 Å². The summed E-state index contributed by atoms with van der Waals surface area (Å²) in [5.41, 5.74) is 0.282. The number of amides is 1. The van der Waals surface area contributed by atoms with Gasteiger partial charge in [-0.2, -0.15) is 0 Å². The van der Waals surface area contributed by atoms with Crippen LogP contribution in [0.15, 0.2) is 18.2 Å². The van der Waals surface area contributed by atoms with Crippen molar-refractivity contribution in [3.8, 4) is 5.75 Å². The molecule has 0 aromatic heterocycles. The molecule has 0 bridgehead atoms. The van der Waals surface area contributed by atoms with Crippen molar-refractivity contribution < 1.29 is 19.4 Å². The van der Waals surface area contributed by atoms with Gasteiger partial charge >= 0.3 is 5.97 Å². The highest BCUT2D eigenvalue weighted by Gasteiger charge is 2.40. The lowest BCUT2D eigenvalue weighted by atomic mass is 9.92. The minimum atomic E-state index is -0.885. The Bertz CT molecular complexity index is 610. The zero-order valence-corrected chi connectivity index (χ0v) is 12.9. The number of ether oxygens (including phenoxy) is 1. The summed E-state index contributed by atoms with van der Waals surface area (Å²) < 4.78 is 5.67. The SMILES string of the molecule is O=C(O)CC1(NC(=O)C2Cc3cc(Cl)ccc3O2)CCCC1. The Kier molecular flexibility index (Phi) is 4.00. The van der Waals surface area contributed by atoms with E-state index < -0.39 is 17.6 Å². The molecule has 1 heterocycles. The number of carboxylic acids is 1. The lowest BCUT2D eigenvalue weighted by molar-refractivity contribution is -0.139. The molecule has 2 aliphatic rings. The standard InChI is InChI=1S/C16H18ClNO4/c17-11-3-4-12-10(7-11)8-13(22-12)15(21)18-16(9-14(19)20)5-1-2-6-16/h3-4,7,13H,1-2,5-6,8-9H2,(H,18,21)(H,19,20). The normalized spacial score (nSPS) is 22.0. The lowest BCUT2D eigenvalue weighted by Gasteiger charge is -2.29. The van der Waals surface area contributed by atoms with Gasteiger partial charge in [0.15, 0.2) is 6.10 Å². The van der Waals surface area contributed by atoms with Crippen molar-refractivity contribution in [3.05, 3.63) is 28.8 Å². The first kappa shape index (κ1) is 15.2. The fraction of sp³-hybridized carbons (Fsp3) is 0.500. The van der Waals surface area contributed by atoms with Crippen LogP contribution in [0.2, 0.25) is 5.02 Å². The van der Waals surface area contributed by atoms with Crippen molar-refractivity contribution in [2.24, 2.45) is 0 Å². The fourth-order valence-electron chi connectivity index (χ4n) is 3.39. The Balaban J connectivity index is 1.69. The van der Waals surface area contributed by atoms with E-state index in [2.05, 4.69) is 5.32 Å². The van der Waals surface area contributed by atoms with Crippen LogP contribution in [-0.2, 0) is 16.0 Å². The van der Waals surface area contributed by atoms with Gasteiger partial charge in [-0.15, -0.1) is 0 Å². The Morgan fingerprint density at radius 1 is 1.36 bits per heavy atom. The van der Waals surface area contributed by atoms with Gasteiger partial charge in [0.25, 0.3) is 5.91 Å². The van der Waals surface area contributed by atoms with Crippen molar-refractivity contribution in [2.75, 3.05) is 0 Å². The van der Waals surface area contributed by atoms with Gasteiger partial charge in [0.2, 0.25) is 0 Å². The van der Waals surface area contributed by atoms with E-state index in [0.717, 1.165) is 18.4 Å². The van der Waals surface area contributed by atoms with Crippen LogP contribution in [-0.4, -0.2) is 28.6 Å². The third kappa shape index (κ3) is 3.04. The monoisotopic (exact) mass is 323 g/mol. The molecule has 1 amide bonds. The van der Waals surface area contributed by atoms with Crippen molar-refractivity contribution in [2.45, 2.75) is 50.2 Å². The molecule has 0 saturated heterocycles. The predicted octanol–water partition coefficient (Wildman–Crippen LogP) is 2.55. The van der Waals surface area contributed by atoms with Crippen LogP contribution in [0.3, 0.4) is 0 Å². The minimum Gasteiger partial charge on any atom is -0.481 e. The molecular formula is C16H18ClNO4. The summed E-state index contributed by atoms with van der Waals surface area (Å²) in [4.78, 5) is 23.6. The molecule has 1 saturated carbocycles. The maximum absolute atomic E-state index is 12.5. The summed E-state index contributed by atoms with van der Waals surface area (Å²) in [5, 5.41) is 12.6. The van der Waals surface area contributed by atoms with Gasteiger partial charge in [-0.25, -0.2) is 0 Å². The van der Waals surface area contributed by atoms with E-state index in [0.29, 0.717) is 30.0 Å². The van der Waals surface area contributed by atoms with E-state index in [9.17, 15) is 9.59 Å². The average molecular weight is 324 g/mol. The molecule has 1 aromatic rings. The third-order valence-electron chi connectivity index (χ3n) is 4.43. The van der Waals surface area contributed by atoms with E-state index in [-0.39, 0.29) is 12.3 Å². The zero-order chi connectivity index (χ0) is 15.7. The van der Waals surface area contributed by atoms with Crippen molar-refractivity contribution in [3.63, 3.8) is 0 Å². The minimum absolute atomic E-state index is 0.0375. The Morgan fingerprint density at radius 3 is 2.77 bits per heavy atom. The predicted molar refractivity (Wildman–Crippen MR) is 81.2 cm³/mol. The molecule has 2 N–H and O–H groups in total. The van der Waals surface area contributed by atoms with Crippen LogP contribution >= 0.6 is 11.6 Å². The number of carbonyl (C=O) groups is 2. The topological polar surface area (TPSA) is 75.6 Å². The van der Waals surface area contributed by atoms with Gasteiger partial charge in [-0.1, -0.05) is 24.4 Å². The second-order valence-corrected chi connectivity index (χ2v) is 6.55. The molecular weight excluding hydrogens is 306 g/mol. The number of halogens is 1. The zero-order valence-electron chi connectivity index (χ0n) is 12.1. The molecule has 0 spiro atoms. The summed E-state index contributed by atoms with van der Waals surface area (Å²) in [5.74, 6) is -0.455. The van der Waals surface area contributed by atoms with Crippen molar-refractivity contribution in [1.82, 2.24) is 5.32 Å². The number of fused-ring (bicyclic) bond motifs is 1. The number of benzene rings is 1. The number of aliphatic carboxylic acids is 1. The third-order valence-corrected chi connectivity index (χ3v) is 4.66. The smallest absolute Gasteiger partial charge is 0.305 e. The average Bonchev–Trinajstić information content (AvgIpc) is 3.04. The first-order chi connectivity index (χ1) is 10.5. The number of rotatable bonds is 4. The Labute approximate surface area is 133 Å². The summed E-state index contributed by atoms with van der Waals surface area (Å²) in [7, 11) is 0. The van der Waals surface area contributed by atoms with Crippen LogP contribution < -0.4 is 10.1 Å². The van der Waals surface area contributed by atoms with E-state index in [4.69, 9.17) is 21.4 Å². The van der Waals surface area contributed by atoms with Crippen LogP contribution in [0.4, 0.5) is 0 Å². The summed E-state index contributed by atoms with van der Waals surface area (Å²) in [6.45, 7) is 0. The van der Waals surface area contributed by atoms with E-state index in [1.165, 1.54) is 0 Å². The molecule has 6 heteroatoms. The van der Waals surface area contributed by atoms with Gasteiger partial charge in [-0.3, -0.25) is 9.59 Å². The van der Waals surface area contributed by atoms with Crippen LogP contribution in [0, 0.1) is 0 Å². The van der Waals surface area contributed by atoms with Crippen LogP contribution in [0.5, 0.6) is 5.75 Å². The first-order valence-corrected chi connectivity index (χ1v) is 7.84. The van der Waals surface area contributed by atoms with Gasteiger partial charge < -0.3 is 15.2 Å². The van der Waals surface area contributed by atoms with E-state index in [1.807, 2.05) is 0 Å². The highest BCUT2D eigenvalue weighted by atomic mass is 35.5. The first-order valence-electron chi connectivity index (χ1n) is 7.46. The second-order valence-electron chi connectivity index (χ2n) is 6.11. The number of carbonyl (C=O) groups excluding carboxylic acids is 1. The number of nitrogens with one attached hydrogen (secondary N) is 1. The van der Waals surface area contributed by atoms with Crippen molar-refractivity contribution in [1.29, 1.82) is 0 Å². The maximum Gasteiger partial charge on any atom is 0.305 e. The quantitative estimate of drug-likeness (QED) is 0.893. The fourth-order valence-corrected chi connectivity index (χ4v) is 3.59. The van der Waals surface area contributed by atoms with E-state index in [1.54, 1.807) is 18.2 Å². The summed E-state index contributed by atoms with van der Waals surface area (Å²) in [6, 6.07) is 5.28. The number of hydrogen-bond acceptors (Lipinski definition) is 3. The second kappa shape index (κ2) is 5.80.